The van der Waals surface area contributed by atoms with Crippen LogP contribution in [0.1, 0.15) is 12.8 Å². The van der Waals surface area contributed by atoms with Gasteiger partial charge in [0.25, 0.3) is 0 Å². The van der Waals surface area contributed by atoms with Gasteiger partial charge in [-0.1, -0.05) is 0 Å². The molecule has 164 valence electrons. The van der Waals surface area contributed by atoms with Crippen molar-refractivity contribution in [2.24, 2.45) is 14.1 Å². The van der Waals surface area contributed by atoms with E-state index in [1.165, 1.54) is 12.1 Å². The molecule has 0 aliphatic carbocycles. The average Bonchev–Trinajstić information content (AvgIpc) is 3.13. The number of nitrogens with zero attached hydrogens (tertiary/aromatic N) is 4. The van der Waals surface area contributed by atoms with Crippen molar-refractivity contribution in [3.63, 3.8) is 0 Å². The minimum atomic E-state index is -2.12. The topological polar surface area (TPSA) is 36.1 Å². The maximum Gasteiger partial charge on any atom is 0.311 e. The standard InChI is InChI=1S/C20H42N4O2Si3/c1-21-13-15-23(19-21)11-9-17-27(3,4)25-29(7,8)26-28(5,6)18-10-12-24-16-14-22(2)20-24/h13-16,19-20H,9-12,17-18H2,1-8H3/q+2. The van der Waals surface area contributed by atoms with Crippen molar-refractivity contribution in [2.45, 2.75) is 77.3 Å². The van der Waals surface area contributed by atoms with Crippen LogP contribution in [0.2, 0.25) is 51.4 Å². The van der Waals surface area contributed by atoms with Gasteiger partial charge in [0.15, 0.2) is 16.6 Å². The summed E-state index contributed by atoms with van der Waals surface area (Å²) < 4.78 is 22.2. The molecule has 0 radical (unpaired) electrons. The third-order valence-electron chi connectivity index (χ3n) is 5.08. The highest BCUT2D eigenvalue weighted by Crippen LogP contribution is 2.26. The Balaban J connectivity index is 1.77. The van der Waals surface area contributed by atoms with Crippen molar-refractivity contribution in [1.29, 1.82) is 0 Å². The van der Waals surface area contributed by atoms with Gasteiger partial charge in [-0.3, -0.25) is 0 Å². The van der Waals surface area contributed by atoms with E-state index >= 15 is 0 Å². The molecular formula is C20H42N4O2Si3+2. The number of imidazole rings is 2. The molecule has 6 nitrogen and oxygen atoms in total. The lowest BCUT2D eigenvalue weighted by Crippen LogP contribution is -2.52. The summed E-state index contributed by atoms with van der Waals surface area (Å²) in [4.78, 5) is 0. The summed E-state index contributed by atoms with van der Waals surface area (Å²) in [6.45, 7) is 16.0. The van der Waals surface area contributed by atoms with Crippen LogP contribution in [0.5, 0.6) is 0 Å². The third kappa shape index (κ3) is 9.12. The van der Waals surface area contributed by atoms with Crippen LogP contribution >= 0.6 is 0 Å². The maximum absolute atomic E-state index is 6.74. The zero-order valence-corrected chi connectivity index (χ0v) is 22.8. The summed E-state index contributed by atoms with van der Waals surface area (Å²) in [5, 5.41) is 0. The number of rotatable bonds is 12. The zero-order chi connectivity index (χ0) is 21.7. The molecule has 0 saturated heterocycles. The maximum atomic E-state index is 6.74. The van der Waals surface area contributed by atoms with E-state index in [2.05, 4.69) is 109 Å². The first-order valence-corrected chi connectivity index (χ1v) is 19.8. The molecule has 0 amide bonds. The van der Waals surface area contributed by atoms with E-state index < -0.39 is 25.2 Å². The minimum Gasteiger partial charge on any atom is -0.437 e. The van der Waals surface area contributed by atoms with Gasteiger partial charge in [0.05, 0.1) is 27.2 Å². The molecule has 2 rings (SSSR count). The molecule has 9 heteroatoms. The number of aromatic nitrogens is 4. The molecule has 0 spiro atoms. The fourth-order valence-corrected chi connectivity index (χ4v) is 18.1. The summed E-state index contributed by atoms with van der Waals surface area (Å²) in [5.74, 6) is 0. The van der Waals surface area contributed by atoms with Crippen LogP contribution in [0.4, 0.5) is 0 Å². The van der Waals surface area contributed by atoms with Crippen molar-refractivity contribution < 1.29 is 17.4 Å². The lowest BCUT2D eigenvalue weighted by molar-refractivity contribution is -0.671. The highest BCUT2D eigenvalue weighted by Gasteiger charge is 2.39. The Morgan fingerprint density at radius 1 is 0.690 bits per heavy atom. The Morgan fingerprint density at radius 3 is 1.38 bits per heavy atom. The van der Waals surface area contributed by atoms with Crippen molar-refractivity contribution in [1.82, 2.24) is 9.13 Å². The Hall–Kier alpha value is -1.01. The van der Waals surface area contributed by atoms with Gasteiger partial charge in [-0.05, 0) is 64.2 Å². The molecular weight excluding hydrogens is 413 g/mol. The van der Waals surface area contributed by atoms with Gasteiger partial charge in [0.2, 0.25) is 12.7 Å². The predicted octanol–water partition coefficient (Wildman–Crippen LogP) is 3.56. The normalized spacial score (nSPS) is 13.2. The molecule has 0 fully saturated rings. The predicted molar refractivity (Wildman–Crippen MR) is 125 cm³/mol. The molecule has 0 saturated carbocycles. The van der Waals surface area contributed by atoms with Gasteiger partial charge in [0, 0.05) is 0 Å². The summed E-state index contributed by atoms with van der Waals surface area (Å²) in [6.07, 6.45) is 15.1. The second kappa shape index (κ2) is 9.87. The van der Waals surface area contributed by atoms with E-state index in [4.69, 9.17) is 8.23 Å². The fraction of sp³-hybridized carbons (Fsp3) is 0.700. The van der Waals surface area contributed by atoms with E-state index in [1.54, 1.807) is 0 Å². The number of hydrogen-bond donors (Lipinski definition) is 0. The second-order valence-corrected chi connectivity index (χ2v) is 22.4. The summed E-state index contributed by atoms with van der Waals surface area (Å²) in [6, 6.07) is 2.34. The SMILES string of the molecule is C[n+]1ccn(CCC[Si](C)(C)O[Si](C)(C)O[Si](C)(C)CCCn2cc[n+](C)c2)c1. The molecule has 0 aromatic carbocycles. The first-order chi connectivity index (χ1) is 13.4. The molecule has 0 unspecified atom stereocenters. The van der Waals surface area contributed by atoms with Crippen molar-refractivity contribution in [3.05, 3.63) is 37.4 Å². The monoisotopic (exact) mass is 454 g/mol. The first kappa shape index (κ1) is 24.3. The van der Waals surface area contributed by atoms with Crippen molar-refractivity contribution in [2.75, 3.05) is 0 Å². The quantitative estimate of drug-likeness (QED) is 0.363. The van der Waals surface area contributed by atoms with Crippen LogP contribution in [0.15, 0.2) is 37.4 Å². The van der Waals surface area contributed by atoms with Gasteiger partial charge >= 0.3 is 8.56 Å². The van der Waals surface area contributed by atoms with Gasteiger partial charge < -0.3 is 8.23 Å². The molecule has 0 aliphatic rings. The van der Waals surface area contributed by atoms with Gasteiger partial charge in [-0.25, -0.2) is 18.3 Å². The first-order valence-electron chi connectivity index (χ1n) is 10.8. The highest BCUT2D eigenvalue weighted by molar-refractivity contribution is 6.87. The van der Waals surface area contributed by atoms with E-state index in [1.807, 2.05) is 0 Å². The van der Waals surface area contributed by atoms with Crippen LogP contribution in [-0.2, 0) is 35.4 Å². The molecule has 0 N–H and O–H groups in total. The largest absolute Gasteiger partial charge is 0.437 e. The van der Waals surface area contributed by atoms with Crippen LogP contribution < -0.4 is 9.13 Å². The Bertz CT molecular complexity index is 709. The summed E-state index contributed by atoms with van der Waals surface area (Å²) in [5.41, 5.74) is 0. The third-order valence-corrected chi connectivity index (χ3v) is 16.6. The fourth-order valence-electron chi connectivity index (χ4n) is 4.10. The summed E-state index contributed by atoms with van der Waals surface area (Å²) in [7, 11) is -1.47. The number of hydrogen-bond acceptors (Lipinski definition) is 2. The molecule has 0 aliphatic heterocycles. The van der Waals surface area contributed by atoms with Crippen molar-refractivity contribution in [3.8, 4) is 0 Å². The van der Waals surface area contributed by atoms with E-state index in [0.29, 0.717) is 0 Å². The molecule has 0 bridgehead atoms. The van der Waals surface area contributed by atoms with Crippen LogP contribution in [0.3, 0.4) is 0 Å². The van der Waals surface area contributed by atoms with Gasteiger partial charge in [0.1, 0.15) is 24.8 Å². The summed E-state index contributed by atoms with van der Waals surface area (Å²) >= 11 is 0. The Labute approximate surface area is 180 Å². The smallest absolute Gasteiger partial charge is 0.311 e. The molecule has 2 aromatic heterocycles. The Kier molecular flexibility index (Phi) is 8.25. The van der Waals surface area contributed by atoms with Gasteiger partial charge in [-0.2, -0.15) is 0 Å². The zero-order valence-electron chi connectivity index (χ0n) is 19.8. The van der Waals surface area contributed by atoms with Crippen LogP contribution in [0, 0.1) is 0 Å². The molecule has 29 heavy (non-hydrogen) atoms. The van der Waals surface area contributed by atoms with Crippen molar-refractivity contribution >= 4 is 25.2 Å². The molecule has 2 aromatic rings. The highest BCUT2D eigenvalue weighted by atomic mass is 28.5. The average molecular weight is 455 g/mol. The molecule has 2 heterocycles. The lowest BCUT2D eigenvalue weighted by atomic mass is 10.5. The minimum absolute atomic E-state index is 1.06. The second-order valence-electron chi connectivity index (χ2n) is 9.96. The van der Waals surface area contributed by atoms with E-state index in [-0.39, 0.29) is 0 Å². The van der Waals surface area contributed by atoms with Crippen LogP contribution in [-0.4, -0.2) is 34.3 Å². The van der Waals surface area contributed by atoms with Gasteiger partial charge in [-0.15, -0.1) is 0 Å². The Morgan fingerprint density at radius 2 is 1.07 bits per heavy atom. The van der Waals surface area contributed by atoms with Crippen LogP contribution in [0.25, 0.3) is 0 Å². The lowest BCUT2D eigenvalue weighted by Gasteiger charge is -2.38. The number of aryl methyl sites for hydroxylation is 4. The molecule has 0 atom stereocenters. The van der Waals surface area contributed by atoms with E-state index in [9.17, 15) is 0 Å². The van der Waals surface area contributed by atoms with E-state index in [0.717, 1.165) is 25.9 Å².